The summed E-state index contributed by atoms with van der Waals surface area (Å²) < 4.78 is 112. The molecule has 8 heterocycles. The fourth-order valence-electron chi connectivity index (χ4n) is 7.88. The number of pyridine rings is 2. The van der Waals surface area contributed by atoms with Crippen molar-refractivity contribution in [3.8, 4) is 45.5 Å². The molecule has 0 amide bonds. The summed E-state index contributed by atoms with van der Waals surface area (Å²) in [6.45, 7) is 0.0113. The molecule has 0 saturated heterocycles. The number of anilines is 2. The van der Waals surface area contributed by atoms with Crippen LogP contribution in [0, 0.1) is 11.6 Å². The number of fused-ring (bicyclic) bond motifs is 2. The lowest BCUT2D eigenvalue weighted by Gasteiger charge is -2.25. The molecule has 0 bridgehead atoms. The summed E-state index contributed by atoms with van der Waals surface area (Å²) in [6.07, 6.45) is 15.4. The Bertz CT molecular complexity index is 4240. The van der Waals surface area contributed by atoms with Crippen LogP contribution < -0.4 is 29.3 Å². The standard InChI is InChI=1S/2C25H26FN9O4S.CH4/c1-32(2)40(36,37)34-13-17(28-15-34)14-35(21-8-18(38-4)9-22(39-5)24(21)26)23-7-6-19-25(31-23)30-20(11-27-19)16-10-29-33(3)12-16;1-32(2)40(36,37)34-13-17(28-15-34)14-35-23(30-20-8-18(38-4)9-22(39-5)24(20)26)7-6-19-25(35)31-21(11-27-19)16-10-29-33(3)12-16;/h2*6-13,15H,14H2,1-5H3;1H4. The first-order valence-electron chi connectivity index (χ1n) is 23.8. The van der Waals surface area contributed by atoms with E-state index in [1.165, 1.54) is 111 Å². The van der Waals surface area contributed by atoms with Crippen LogP contribution in [0.15, 0.2) is 116 Å². The number of ether oxygens (including phenoxy) is 4. The zero-order chi connectivity index (χ0) is 57.2. The minimum Gasteiger partial charge on any atom is -0.497 e. The summed E-state index contributed by atoms with van der Waals surface area (Å²) >= 11 is 0. The molecular formula is C51H56F2N18O8S2. The summed E-state index contributed by atoms with van der Waals surface area (Å²) in [6, 6.07) is 12.6. The number of rotatable bonds is 17. The molecule has 10 rings (SSSR count). The van der Waals surface area contributed by atoms with E-state index in [-0.39, 0.29) is 43.4 Å². The van der Waals surface area contributed by atoms with Crippen LogP contribution in [-0.4, -0.2) is 149 Å². The van der Waals surface area contributed by atoms with Crippen LogP contribution in [0.4, 0.5) is 26.0 Å². The molecular weight excluding hydrogens is 1090 g/mol. The lowest BCUT2D eigenvalue weighted by molar-refractivity contribution is 0.374. The van der Waals surface area contributed by atoms with Crippen molar-refractivity contribution < 1.29 is 44.6 Å². The fourth-order valence-corrected chi connectivity index (χ4v) is 9.48. The Morgan fingerprint density at radius 3 is 1.72 bits per heavy atom. The smallest absolute Gasteiger partial charge is 0.308 e. The highest BCUT2D eigenvalue weighted by Gasteiger charge is 2.25. The Hall–Kier alpha value is -9.26. The van der Waals surface area contributed by atoms with Gasteiger partial charge in [-0.15, -0.1) is 0 Å². The molecule has 0 aliphatic carbocycles. The highest BCUT2D eigenvalue weighted by atomic mass is 32.2. The predicted molar refractivity (Wildman–Crippen MR) is 296 cm³/mol. The molecule has 0 unspecified atom stereocenters. The lowest BCUT2D eigenvalue weighted by Crippen LogP contribution is -2.27. The van der Waals surface area contributed by atoms with E-state index >= 15 is 8.78 Å². The third kappa shape index (κ3) is 12.0. The Kier molecular flexibility index (Phi) is 16.9. The van der Waals surface area contributed by atoms with Gasteiger partial charge in [-0.1, -0.05) is 7.43 Å². The monoisotopic (exact) mass is 1150 g/mol. The van der Waals surface area contributed by atoms with Gasteiger partial charge in [-0.25, -0.2) is 46.6 Å². The van der Waals surface area contributed by atoms with E-state index in [0.717, 1.165) is 27.7 Å². The van der Waals surface area contributed by atoms with Crippen molar-refractivity contribution in [1.29, 1.82) is 0 Å². The van der Waals surface area contributed by atoms with Crippen LogP contribution in [0.25, 0.3) is 44.8 Å². The first kappa shape index (κ1) is 57.9. The molecule has 0 N–H and O–H groups in total. The van der Waals surface area contributed by atoms with Crippen molar-refractivity contribution in [3.63, 3.8) is 0 Å². The maximum Gasteiger partial charge on any atom is 0.308 e. The summed E-state index contributed by atoms with van der Waals surface area (Å²) in [5.41, 5.74) is 5.53. The molecule has 0 saturated carbocycles. The zero-order valence-electron chi connectivity index (χ0n) is 44.7. The first-order chi connectivity index (χ1) is 38.2. The van der Waals surface area contributed by atoms with Gasteiger partial charge < -0.3 is 28.4 Å². The van der Waals surface area contributed by atoms with Crippen molar-refractivity contribution in [1.82, 2.24) is 75.6 Å². The van der Waals surface area contributed by atoms with Gasteiger partial charge in [0.1, 0.15) is 52.2 Å². The summed E-state index contributed by atoms with van der Waals surface area (Å²) in [4.78, 5) is 37.8. The van der Waals surface area contributed by atoms with Crippen LogP contribution in [0.5, 0.6) is 23.0 Å². The topological polar surface area (TPSA) is 268 Å². The van der Waals surface area contributed by atoms with Gasteiger partial charge in [0.05, 0.1) is 94.8 Å². The molecule has 26 nitrogen and oxygen atoms in total. The highest BCUT2D eigenvalue weighted by molar-refractivity contribution is 7.87. The largest absolute Gasteiger partial charge is 0.497 e. The van der Waals surface area contributed by atoms with Gasteiger partial charge in [0, 0.05) is 102 Å². The van der Waals surface area contributed by atoms with Gasteiger partial charge in [0.25, 0.3) is 0 Å². The van der Waals surface area contributed by atoms with E-state index in [1.54, 1.807) is 83.3 Å². The summed E-state index contributed by atoms with van der Waals surface area (Å²) in [7, 11) is 7.34. The summed E-state index contributed by atoms with van der Waals surface area (Å²) in [5, 5.41) is 8.38. The SMILES string of the molecule is C.COc1cc(N=c2ccc3ncc(-c4cnn(C)c4)nc3n2Cc2cn(S(=O)(=O)N(C)C)cn2)c(F)c(OC)c1.COc1cc(OC)c(F)c(N(Cc2cn(S(=O)(=O)N(C)C)cn2)c2ccc3ncc(-c4cnn(C)c4)nc3n2)c1. The van der Waals surface area contributed by atoms with E-state index in [0.29, 0.717) is 67.9 Å². The van der Waals surface area contributed by atoms with Gasteiger partial charge in [-0.05, 0) is 24.3 Å². The Morgan fingerprint density at radius 2 is 1.15 bits per heavy atom. The molecule has 8 aromatic heterocycles. The molecule has 0 aliphatic rings. The van der Waals surface area contributed by atoms with Crippen molar-refractivity contribution >= 4 is 59.9 Å². The number of hydrogen-bond acceptors (Lipinski definition) is 19. The Balaban J connectivity index is 0.000000210. The maximum atomic E-state index is 15.7. The molecule has 0 atom stereocenters. The minimum atomic E-state index is -3.79. The number of imidazole rings is 2. The van der Waals surface area contributed by atoms with Crippen LogP contribution in [0.2, 0.25) is 0 Å². The number of nitrogens with zero attached hydrogens (tertiary/aromatic N) is 18. The molecule has 10 aromatic rings. The molecule has 424 valence electrons. The van der Waals surface area contributed by atoms with E-state index in [4.69, 9.17) is 28.9 Å². The van der Waals surface area contributed by atoms with Gasteiger partial charge in [0.15, 0.2) is 34.4 Å². The first-order valence-corrected chi connectivity index (χ1v) is 26.6. The highest BCUT2D eigenvalue weighted by Crippen LogP contribution is 2.38. The van der Waals surface area contributed by atoms with E-state index in [9.17, 15) is 16.8 Å². The zero-order valence-corrected chi connectivity index (χ0v) is 46.3. The number of halogens is 2. The predicted octanol–water partition coefficient (Wildman–Crippen LogP) is 5.53. The van der Waals surface area contributed by atoms with Crippen molar-refractivity contribution in [3.05, 3.63) is 139 Å². The normalized spacial score (nSPS) is 12.0. The third-order valence-corrected chi connectivity index (χ3v) is 15.4. The number of aryl methyl sites for hydroxylation is 2. The van der Waals surface area contributed by atoms with Gasteiger partial charge in [-0.2, -0.15) is 35.6 Å². The molecule has 30 heteroatoms. The second kappa shape index (κ2) is 23.6. The molecule has 0 spiro atoms. The van der Waals surface area contributed by atoms with E-state index in [1.807, 2.05) is 6.20 Å². The van der Waals surface area contributed by atoms with E-state index in [2.05, 4.69) is 40.1 Å². The number of methoxy groups -OCH3 is 4. The molecule has 81 heavy (non-hydrogen) atoms. The second-order valence-electron chi connectivity index (χ2n) is 17.8. The van der Waals surface area contributed by atoms with Crippen molar-refractivity contribution in [2.45, 2.75) is 20.5 Å². The second-order valence-corrected chi connectivity index (χ2v) is 21.9. The quantitative estimate of drug-likeness (QED) is 0.108. The number of benzene rings is 2. The van der Waals surface area contributed by atoms with E-state index < -0.39 is 32.1 Å². The summed E-state index contributed by atoms with van der Waals surface area (Å²) in [5.74, 6) is -0.401. The average Bonchev–Trinajstić information content (AvgIpc) is 4.33. The molecule has 0 radical (unpaired) electrons. The van der Waals surface area contributed by atoms with Crippen molar-refractivity contribution in [2.75, 3.05) is 61.5 Å². The Labute approximate surface area is 464 Å². The van der Waals surface area contributed by atoms with Crippen molar-refractivity contribution in [2.24, 2.45) is 19.1 Å². The number of aromatic nitrogens is 14. The lowest BCUT2D eigenvalue weighted by atomic mass is 10.2. The van der Waals surface area contributed by atoms with Crippen LogP contribution >= 0.6 is 0 Å². The van der Waals surface area contributed by atoms with Crippen LogP contribution in [0.1, 0.15) is 18.8 Å². The van der Waals surface area contributed by atoms with Gasteiger partial charge in [-0.3, -0.25) is 19.3 Å². The van der Waals surface area contributed by atoms with Gasteiger partial charge in [0.2, 0.25) is 0 Å². The van der Waals surface area contributed by atoms with Crippen LogP contribution in [-0.2, 0) is 47.6 Å². The Morgan fingerprint density at radius 1 is 0.605 bits per heavy atom. The molecule has 0 aliphatic heterocycles. The third-order valence-electron chi connectivity index (χ3n) is 12.1. The molecule has 0 fully saturated rings. The van der Waals surface area contributed by atoms with Gasteiger partial charge >= 0.3 is 20.4 Å². The average molecular weight is 1150 g/mol. The fraction of sp³-hybridized carbons (Fsp3) is 0.255. The minimum absolute atomic E-state index is 0. The molecule has 2 aromatic carbocycles. The number of hydrogen-bond donors (Lipinski definition) is 0. The van der Waals surface area contributed by atoms with Crippen LogP contribution in [0.3, 0.4) is 0 Å². The maximum absolute atomic E-state index is 15.7.